The van der Waals surface area contributed by atoms with Gasteiger partial charge < -0.3 is 9.15 Å². The molecule has 6 aromatic rings. The molecule has 2 aromatic heterocycles. The molecule has 200 valence electrons. The number of nitriles is 1. The van der Waals surface area contributed by atoms with Crippen molar-refractivity contribution in [3.8, 4) is 23.4 Å². The molecule has 0 aliphatic rings. The Labute approximate surface area is 259 Å². The van der Waals surface area contributed by atoms with Gasteiger partial charge in [-0.15, -0.1) is 0 Å². The van der Waals surface area contributed by atoms with E-state index in [0.717, 1.165) is 15.4 Å². The van der Waals surface area contributed by atoms with Crippen LogP contribution in [0.2, 0.25) is 0 Å². The average Bonchev–Trinajstić information content (AvgIpc) is 3.39. The smallest absolute Gasteiger partial charge is 0.282 e. The number of hydrogen-bond donors (Lipinski definition) is 0. The van der Waals surface area contributed by atoms with Gasteiger partial charge in [0.15, 0.2) is 5.76 Å². The summed E-state index contributed by atoms with van der Waals surface area (Å²) in [6, 6.07) is 27.8. The Hall–Kier alpha value is -4.04. The predicted octanol–water partition coefficient (Wildman–Crippen LogP) is 8.43. The van der Waals surface area contributed by atoms with Crippen molar-refractivity contribution in [1.82, 2.24) is 9.66 Å². The van der Waals surface area contributed by atoms with Gasteiger partial charge in [-0.25, -0.2) is 4.98 Å². The maximum Gasteiger partial charge on any atom is 0.282 e. The molecule has 0 bridgehead atoms. The van der Waals surface area contributed by atoms with E-state index in [0.29, 0.717) is 48.1 Å². The number of fused-ring (bicyclic) bond motifs is 2. The summed E-state index contributed by atoms with van der Waals surface area (Å²) in [7, 11) is 0. The van der Waals surface area contributed by atoms with Crippen molar-refractivity contribution >= 4 is 75.9 Å². The predicted molar refractivity (Wildman–Crippen MR) is 169 cm³/mol. The van der Waals surface area contributed by atoms with Gasteiger partial charge >= 0.3 is 0 Å². The summed E-state index contributed by atoms with van der Waals surface area (Å²) < 4.78 is 15.6. The lowest BCUT2D eigenvalue weighted by Crippen LogP contribution is -2.20. The Morgan fingerprint density at radius 1 is 0.976 bits per heavy atom. The number of para-hydroxylation sites is 1. The molecular formula is C31H17Br3N4O3. The fourth-order valence-corrected chi connectivity index (χ4v) is 6.17. The van der Waals surface area contributed by atoms with Gasteiger partial charge in [0.1, 0.15) is 17.9 Å². The normalized spacial score (nSPS) is 11.4. The van der Waals surface area contributed by atoms with Crippen LogP contribution in [0.1, 0.15) is 16.7 Å². The SMILES string of the molecule is N#Cc1ccccc1COc1c(Br)cc(C=Nn2c(-c3cc4cc(Br)ccc4o3)nc3ccccc3c2=O)cc1Br. The van der Waals surface area contributed by atoms with Crippen LogP contribution in [0.4, 0.5) is 0 Å². The lowest BCUT2D eigenvalue weighted by Gasteiger charge is -2.12. The molecule has 7 nitrogen and oxygen atoms in total. The number of furan rings is 1. The summed E-state index contributed by atoms with van der Waals surface area (Å²) in [5.74, 6) is 1.28. The molecule has 6 rings (SSSR count). The molecule has 2 heterocycles. The Kier molecular flexibility index (Phi) is 7.58. The minimum atomic E-state index is -0.322. The van der Waals surface area contributed by atoms with E-state index in [1.807, 2.05) is 60.7 Å². The van der Waals surface area contributed by atoms with Gasteiger partial charge in [-0.3, -0.25) is 4.79 Å². The van der Waals surface area contributed by atoms with E-state index in [1.165, 1.54) is 4.68 Å². The Morgan fingerprint density at radius 3 is 2.54 bits per heavy atom. The molecule has 0 amide bonds. The second-order valence-electron chi connectivity index (χ2n) is 8.98. The van der Waals surface area contributed by atoms with Crippen LogP contribution >= 0.6 is 47.8 Å². The zero-order valence-electron chi connectivity index (χ0n) is 21.0. The summed E-state index contributed by atoms with van der Waals surface area (Å²) in [6.07, 6.45) is 1.57. The van der Waals surface area contributed by atoms with Gasteiger partial charge in [-0.1, -0.05) is 46.3 Å². The van der Waals surface area contributed by atoms with Crippen molar-refractivity contribution in [1.29, 1.82) is 5.26 Å². The second-order valence-corrected chi connectivity index (χ2v) is 11.6. The van der Waals surface area contributed by atoms with Crippen molar-refractivity contribution in [2.75, 3.05) is 0 Å². The maximum atomic E-state index is 13.6. The quantitative estimate of drug-likeness (QED) is 0.160. The van der Waals surface area contributed by atoms with E-state index in [2.05, 4.69) is 59.0 Å². The van der Waals surface area contributed by atoms with Crippen LogP contribution in [0.15, 0.2) is 113 Å². The molecule has 0 aliphatic heterocycles. The first-order valence-corrected chi connectivity index (χ1v) is 14.6. The van der Waals surface area contributed by atoms with Crippen molar-refractivity contribution in [2.24, 2.45) is 5.10 Å². The highest BCUT2D eigenvalue weighted by Crippen LogP contribution is 2.35. The van der Waals surface area contributed by atoms with E-state index >= 15 is 0 Å². The van der Waals surface area contributed by atoms with Crippen molar-refractivity contribution in [2.45, 2.75) is 6.61 Å². The summed E-state index contributed by atoms with van der Waals surface area (Å²) in [6.45, 7) is 0.226. The molecule has 0 atom stereocenters. The highest BCUT2D eigenvalue weighted by atomic mass is 79.9. The van der Waals surface area contributed by atoms with Gasteiger partial charge in [-0.2, -0.15) is 15.0 Å². The minimum Gasteiger partial charge on any atom is -0.486 e. The average molecular weight is 733 g/mol. The van der Waals surface area contributed by atoms with E-state index < -0.39 is 0 Å². The van der Waals surface area contributed by atoms with Gasteiger partial charge in [0, 0.05) is 15.4 Å². The molecule has 0 unspecified atom stereocenters. The third-order valence-electron chi connectivity index (χ3n) is 6.31. The molecule has 0 N–H and O–H groups in total. The third kappa shape index (κ3) is 5.48. The molecule has 0 fully saturated rings. The lowest BCUT2D eigenvalue weighted by molar-refractivity contribution is 0.302. The van der Waals surface area contributed by atoms with Gasteiger partial charge in [0.2, 0.25) is 5.82 Å². The monoisotopic (exact) mass is 730 g/mol. The Morgan fingerprint density at radius 2 is 1.73 bits per heavy atom. The van der Waals surface area contributed by atoms with Crippen LogP contribution in [-0.2, 0) is 6.61 Å². The van der Waals surface area contributed by atoms with Crippen LogP contribution in [0.3, 0.4) is 0 Å². The molecule has 0 saturated heterocycles. The maximum absolute atomic E-state index is 13.6. The minimum absolute atomic E-state index is 0.226. The molecular weight excluding hydrogens is 716 g/mol. The van der Waals surface area contributed by atoms with Gasteiger partial charge in [0.05, 0.1) is 37.7 Å². The van der Waals surface area contributed by atoms with E-state index in [4.69, 9.17) is 14.1 Å². The lowest BCUT2D eigenvalue weighted by atomic mass is 10.1. The first-order chi connectivity index (χ1) is 19.9. The van der Waals surface area contributed by atoms with E-state index in [-0.39, 0.29) is 18.0 Å². The summed E-state index contributed by atoms with van der Waals surface area (Å²) in [4.78, 5) is 18.3. The van der Waals surface area contributed by atoms with Crippen molar-refractivity contribution < 1.29 is 9.15 Å². The number of halogens is 3. The first kappa shape index (κ1) is 27.1. The number of aromatic nitrogens is 2. The number of ether oxygens (including phenoxy) is 1. The van der Waals surface area contributed by atoms with Crippen molar-refractivity contribution in [3.63, 3.8) is 0 Å². The number of nitrogens with zero attached hydrogens (tertiary/aromatic N) is 4. The summed E-state index contributed by atoms with van der Waals surface area (Å²) >= 11 is 10.6. The summed E-state index contributed by atoms with van der Waals surface area (Å²) in [5.41, 5.74) is 2.94. The van der Waals surface area contributed by atoms with Crippen LogP contribution < -0.4 is 10.3 Å². The Balaban J connectivity index is 1.38. The van der Waals surface area contributed by atoms with Crippen LogP contribution in [0.5, 0.6) is 5.75 Å². The standard InChI is InChI=1S/C31H17Br3N4O3/c32-22-9-10-27-21(13-22)14-28(41-27)30-37-26-8-4-3-7-23(26)31(39)38(30)36-16-18-11-24(33)29(25(34)12-18)40-17-20-6-2-1-5-19(20)15-35/h1-14,16H,17H2. The molecule has 4 aromatic carbocycles. The second kappa shape index (κ2) is 11.4. The third-order valence-corrected chi connectivity index (χ3v) is 7.98. The molecule has 41 heavy (non-hydrogen) atoms. The molecule has 0 radical (unpaired) electrons. The number of benzene rings is 4. The molecule has 10 heteroatoms. The van der Waals surface area contributed by atoms with Crippen LogP contribution in [0.25, 0.3) is 33.5 Å². The fraction of sp³-hybridized carbons (Fsp3) is 0.0323. The van der Waals surface area contributed by atoms with E-state index in [1.54, 1.807) is 30.5 Å². The summed E-state index contributed by atoms with van der Waals surface area (Å²) in [5, 5.41) is 15.2. The zero-order valence-corrected chi connectivity index (χ0v) is 25.8. The number of rotatable bonds is 6. The Bertz CT molecular complexity index is 2070. The highest BCUT2D eigenvalue weighted by molar-refractivity contribution is 9.11. The zero-order chi connectivity index (χ0) is 28.5. The van der Waals surface area contributed by atoms with Crippen LogP contribution in [-0.4, -0.2) is 15.9 Å². The van der Waals surface area contributed by atoms with Crippen LogP contribution in [0, 0.1) is 11.3 Å². The fourth-order valence-electron chi connectivity index (χ4n) is 4.34. The number of hydrogen-bond acceptors (Lipinski definition) is 6. The van der Waals surface area contributed by atoms with Gasteiger partial charge in [0.25, 0.3) is 5.56 Å². The van der Waals surface area contributed by atoms with E-state index in [9.17, 15) is 10.1 Å². The van der Waals surface area contributed by atoms with Crippen molar-refractivity contribution in [3.05, 3.63) is 125 Å². The molecule has 0 saturated carbocycles. The first-order valence-electron chi connectivity index (χ1n) is 12.3. The molecule has 0 aliphatic carbocycles. The largest absolute Gasteiger partial charge is 0.486 e. The topological polar surface area (TPSA) is 93.4 Å². The molecule has 0 spiro atoms. The highest BCUT2D eigenvalue weighted by Gasteiger charge is 2.17. The van der Waals surface area contributed by atoms with Gasteiger partial charge in [-0.05, 0) is 92.0 Å².